The lowest BCUT2D eigenvalue weighted by molar-refractivity contribution is -0.212. The van der Waals surface area contributed by atoms with Gasteiger partial charge in [0, 0.05) is 17.9 Å². The molecule has 1 aromatic carbocycles. The molecule has 3 fully saturated rings. The molecule has 1 amide bonds. The lowest BCUT2D eigenvalue weighted by Crippen LogP contribution is -2.46. The van der Waals surface area contributed by atoms with Crippen molar-refractivity contribution >= 4 is 6.41 Å². The summed E-state index contributed by atoms with van der Waals surface area (Å²) in [7, 11) is 0. The second-order valence-corrected chi connectivity index (χ2v) is 10.7. The molecule has 1 aromatic heterocycles. The maximum Gasteiger partial charge on any atom is 0.233 e. The van der Waals surface area contributed by atoms with Crippen LogP contribution >= 0.6 is 0 Å². The Morgan fingerprint density at radius 2 is 1.71 bits per heavy atom. The van der Waals surface area contributed by atoms with Crippen molar-refractivity contribution in [2.75, 3.05) is 13.2 Å². The van der Waals surface area contributed by atoms with E-state index < -0.39 is 5.60 Å². The van der Waals surface area contributed by atoms with E-state index in [0.717, 1.165) is 49.5 Å². The molecule has 2 aromatic rings. The third kappa shape index (κ3) is 5.17. The van der Waals surface area contributed by atoms with Crippen LogP contribution in [0.5, 0.6) is 5.75 Å². The van der Waals surface area contributed by atoms with Crippen molar-refractivity contribution in [1.82, 2.24) is 15.3 Å². The van der Waals surface area contributed by atoms with Gasteiger partial charge in [0.1, 0.15) is 12.4 Å². The monoisotopic (exact) mass is 471 g/mol. The Morgan fingerprint density at radius 3 is 2.21 bits per heavy atom. The number of carbonyl (C=O) groups is 1. The lowest BCUT2D eigenvalue weighted by Gasteiger charge is -2.52. The van der Waals surface area contributed by atoms with Gasteiger partial charge < -0.3 is 9.15 Å². The van der Waals surface area contributed by atoms with E-state index in [1.165, 1.54) is 5.56 Å². The molecule has 0 aliphatic heterocycles. The molecule has 0 unspecified atom stereocenters. The third-order valence-corrected chi connectivity index (χ3v) is 7.14. The number of amides is 1. The SMILES string of the molecule is Cc1nnc(C23CCC(c4ccc(OC/C(=C/F)CN(C=O)OC(C)(C)C)cc4)(CC2)CC3)o1. The number of hydrogen-bond donors (Lipinski definition) is 0. The molecule has 3 aliphatic rings. The van der Waals surface area contributed by atoms with Crippen LogP contribution in [0.1, 0.15) is 76.6 Å². The zero-order valence-corrected chi connectivity index (χ0v) is 20.5. The highest BCUT2D eigenvalue weighted by Crippen LogP contribution is 2.58. The van der Waals surface area contributed by atoms with Crippen LogP contribution in [0.25, 0.3) is 0 Å². The number of fused-ring (bicyclic) bond motifs is 3. The standard InChI is InChI=1S/C26H34FN3O4/c1-19-28-29-23(33-19)26-12-9-25(10-13-26,11-14-26)21-5-7-22(8-6-21)32-17-20(15-27)16-30(18-31)34-24(2,3)4/h5-8,15,18H,9-14,16-17H2,1-4H3/b20-15+. The number of aryl methyl sites for hydroxylation is 1. The Labute approximate surface area is 200 Å². The van der Waals surface area contributed by atoms with Gasteiger partial charge in [0.15, 0.2) is 0 Å². The summed E-state index contributed by atoms with van der Waals surface area (Å²) in [6.45, 7) is 7.35. The fraction of sp³-hybridized carbons (Fsp3) is 0.577. The topological polar surface area (TPSA) is 77.7 Å². The van der Waals surface area contributed by atoms with Gasteiger partial charge in [0.25, 0.3) is 0 Å². The molecule has 2 bridgehead atoms. The number of carbonyl (C=O) groups excluding carboxylic acids is 1. The molecule has 0 spiro atoms. The molecule has 1 heterocycles. The predicted octanol–water partition coefficient (Wildman–Crippen LogP) is 5.34. The van der Waals surface area contributed by atoms with Crippen molar-refractivity contribution in [1.29, 1.82) is 0 Å². The van der Waals surface area contributed by atoms with Crippen molar-refractivity contribution in [3.05, 3.63) is 53.5 Å². The van der Waals surface area contributed by atoms with Crippen molar-refractivity contribution in [3.63, 3.8) is 0 Å². The molecule has 8 heteroatoms. The second kappa shape index (κ2) is 9.49. The van der Waals surface area contributed by atoms with Gasteiger partial charge in [0.05, 0.1) is 18.5 Å². The summed E-state index contributed by atoms with van der Waals surface area (Å²) in [4.78, 5) is 16.8. The first-order chi connectivity index (χ1) is 16.2. The quantitative estimate of drug-likeness (QED) is 0.363. The maximum absolute atomic E-state index is 13.4. The summed E-state index contributed by atoms with van der Waals surface area (Å²) >= 11 is 0. The number of nitrogens with zero attached hydrogens (tertiary/aromatic N) is 3. The summed E-state index contributed by atoms with van der Waals surface area (Å²) in [5, 5.41) is 9.46. The van der Waals surface area contributed by atoms with Crippen LogP contribution in [-0.2, 0) is 20.5 Å². The van der Waals surface area contributed by atoms with Crippen molar-refractivity contribution in [3.8, 4) is 5.75 Å². The number of rotatable bonds is 9. The molecule has 0 atom stereocenters. The Bertz CT molecular complexity index is 1000. The van der Waals surface area contributed by atoms with Gasteiger partial charge in [-0.3, -0.25) is 9.63 Å². The van der Waals surface area contributed by atoms with E-state index >= 15 is 0 Å². The van der Waals surface area contributed by atoms with E-state index in [9.17, 15) is 9.18 Å². The maximum atomic E-state index is 13.4. The minimum absolute atomic E-state index is 0.000213. The molecule has 184 valence electrons. The normalized spacial score (nSPS) is 24.8. The zero-order valence-electron chi connectivity index (χ0n) is 20.5. The van der Waals surface area contributed by atoms with Crippen molar-refractivity contribution in [2.45, 2.75) is 82.7 Å². The van der Waals surface area contributed by atoms with Crippen LogP contribution in [0.15, 0.2) is 40.6 Å². The first-order valence-electron chi connectivity index (χ1n) is 11.9. The van der Waals surface area contributed by atoms with Gasteiger partial charge in [-0.2, -0.15) is 0 Å². The van der Waals surface area contributed by atoms with Gasteiger partial charge in [-0.25, -0.2) is 9.45 Å². The fourth-order valence-corrected chi connectivity index (χ4v) is 5.29. The third-order valence-electron chi connectivity index (χ3n) is 7.14. The average molecular weight is 472 g/mol. The van der Waals surface area contributed by atoms with Gasteiger partial charge in [-0.1, -0.05) is 12.1 Å². The van der Waals surface area contributed by atoms with E-state index in [0.29, 0.717) is 30.0 Å². The number of hydroxylamine groups is 2. The first-order valence-corrected chi connectivity index (χ1v) is 11.9. The largest absolute Gasteiger partial charge is 0.489 e. The molecule has 0 N–H and O–H groups in total. The van der Waals surface area contributed by atoms with E-state index in [2.05, 4.69) is 22.3 Å². The number of halogens is 1. The Morgan fingerprint density at radius 1 is 1.09 bits per heavy atom. The summed E-state index contributed by atoms with van der Waals surface area (Å²) in [5.74, 6) is 2.10. The summed E-state index contributed by atoms with van der Waals surface area (Å²) in [5.41, 5.74) is 1.29. The molecule has 3 aliphatic carbocycles. The van der Waals surface area contributed by atoms with Gasteiger partial charge in [-0.05, 0) is 82.4 Å². The van der Waals surface area contributed by atoms with Crippen LogP contribution in [0.3, 0.4) is 0 Å². The number of hydrogen-bond acceptors (Lipinski definition) is 6. The first kappa shape index (κ1) is 24.4. The molecule has 0 radical (unpaired) electrons. The fourth-order valence-electron chi connectivity index (χ4n) is 5.29. The van der Waals surface area contributed by atoms with E-state index in [1.54, 1.807) is 0 Å². The average Bonchev–Trinajstić information content (AvgIpc) is 3.29. The highest BCUT2D eigenvalue weighted by molar-refractivity contribution is 5.46. The Kier molecular flexibility index (Phi) is 6.80. The summed E-state index contributed by atoms with van der Waals surface area (Å²) in [6, 6.07) is 8.15. The predicted molar refractivity (Wildman–Crippen MR) is 125 cm³/mol. The Balaban J connectivity index is 1.34. The molecular weight excluding hydrogens is 437 g/mol. The van der Waals surface area contributed by atoms with Gasteiger partial charge in [-0.15, -0.1) is 10.2 Å². The molecular formula is C26H34FN3O4. The van der Waals surface area contributed by atoms with Gasteiger partial charge >= 0.3 is 0 Å². The van der Waals surface area contributed by atoms with Crippen LogP contribution in [0, 0.1) is 6.92 Å². The number of ether oxygens (including phenoxy) is 1. The molecule has 34 heavy (non-hydrogen) atoms. The molecule has 3 saturated carbocycles. The summed E-state index contributed by atoms with van der Waals surface area (Å²) < 4.78 is 25.0. The number of benzene rings is 1. The van der Waals surface area contributed by atoms with Gasteiger partial charge in [0.2, 0.25) is 18.2 Å². The molecule has 7 nitrogen and oxygen atoms in total. The minimum Gasteiger partial charge on any atom is -0.489 e. The van der Waals surface area contributed by atoms with E-state index in [4.69, 9.17) is 14.0 Å². The van der Waals surface area contributed by atoms with Crippen LogP contribution in [0.4, 0.5) is 4.39 Å². The highest BCUT2D eigenvalue weighted by Gasteiger charge is 2.52. The highest BCUT2D eigenvalue weighted by atomic mass is 19.1. The van der Waals surface area contributed by atoms with E-state index in [-0.39, 0.29) is 24.0 Å². The summed E-state index contributed by atoms with van der Waals surface area (Å²) in [6.07, 6.45) is 7.48. The lowest BCUT2D eigenvalue weighted by atomic mass is 9.52. The van der Waals surface area contributed by atoms with E-state index in [1.807, 2.05) is 39.8 Å². The van der Waals surface area contributed by atoms with Crippen molar-refractivity contribution in [2.24, 2.45) is 0 Å². The molecule has 5 rings (SSSR count). The number of aromatic nitrogens is 2. The van der Waals surface area contributed by atoms with Crippen LogP contribution in [0.2, 0.25) is 0 Å². The molecule has 0 saturated heterocycles. The Hall–Kier alpha value is -2.74. The minimum atomic E-state index is -0.555. The van der Waals surface area contributed by atoms with Crippen LogP contribution < -0.4 is 4.74 Å². The zero-order chi connectivity index (χ0) is 24.4. The second-order valence-electron chi connectivity index (χ2n) is 10.7. The van der Waals surface area contributed by atoms with Crippen molar-refractivity contribution < 1.29 is 23.2 Å². The van der Waals surface area contributed by atoms with Crippen LogP contribution in [-0.4, -0.2) is 40.4 Å². The smallest absolute Gasteiger partial charge is 0.233 e.